The lowest BCUT2D eigenvalue weighted by Crippen LogP contribution is -2.27. The molecule has 0 aliphatic carbocycles. The third-order valence-electron chi connectivity index (χ3n) is 1.99. The molecule has 3 N–H and O–H groups in total. The van der Waals surface area contributed by atoms with Crippen molar-refractivity contribution >= 4 is 20.0 Å². The molecular weight excluding hydrogens is 264 g/mol. The third-order valence-corrected chi connectivity index (χ3v) is 4.60. The molecule has 0 heterocycles. The van der Waals surface area contributed by atoms with E-state index in [-0.39, 0.29) is 11.4 Å². The molecule has 1 aromatic rings. The second-order valence-electron chi connectivity index (χ2n) is 3.39. The van der Waals surface area contributed by atoms with Crippen LogP contribution >= 0.6 is 0 Å². The van der Waals surface area contributed by atoms with Gasteiger partial charge in [-0.15, -0.1) is 0 Å². The maximum absolute atomic E-state index is 11.8. The van der Waals surface area contributed by atoms with Crippen LogP contribution in [0.2, 0.25) is 0 Å². The van der Waals surface area contributed by atoms with Gasteiger partial charge in [0.25, 0.3) is 0 Å². The number of nitrogens with two attached hydrogens (primary N) is 1. The molecule has 0 saturated heterocycles. The Hall–Kier alpha value is -0.960. The van der Waals surface area contributed by atoms with Crippen LogP contribution in [0.5, 0.6) is 0 Å². The fourth-order valence-corrected chi connectivity index (χ4v) is 3.73. The van der Waals surface area contributed by atoms with Gasteiger partial charge in [0.05, 0.1) is 0 Å². The van der Waals surface area contributed by atoms with Gasteiger partial charge < -0.3 is 0 Å². The lowest BCUT2D eigenvalue weighted by Gasteiger charge is -2.09. The summed E-state index contributed by atoms with van der Waals surface area (Å²) in [5.41, 5.74) is 0. The van der Waals surface area contributed by atoms with Gasteiger partial charge in [0.15, 0.2) is 0 Å². The highest BCUT2D eigenvalue weighted by Crippen LogP contribution is 2.18. The fourth-order valence-electron chi connectivity index (χ4n) is 1.22. The van der Waals surface area contributed by atoms with Gasteiger partial charge in [-0.3, -0.25) is 0 Å². The Bertz CT molecular complexity index is 593. The zero-order chi connectivity index (χ0) is 13.1. The van der Waals surface area contributed by atoms with Crippen LogP contribution in [0, 0.1) is 0 Å². The van der Waals surface area contributed by atoms with Gasteiger partial charge in [0.1, 0.15) is 9.79 Å². The molecule has 0 spiro atoms. The van der Waals surface area contributed by atoms with Gasteiger partial charge in [0, 0.05) is 6.54 Å². The smallest absolute Gasteiger partial charge is 0.225 e. The first kappa shape index (κ1) is 14.1. The monoisotopic (exact) mass is 278 g/mol. The first-order valence-corrected chi connectivity index (χ1v) is 7.93. The van der Waals surface area contributed by atoms with Crippen LogP contribution in [0.4, 0.5) is 0 Å². The van der Waals surface area contributed by atoms with Crippen molar-refractivity contribution in [3.8, 4) is 0 Å². The SMILES string of the molecule is CCCNS(=O)(=O)c1ccccc1S(N)(=O)=O. The Labute approximate surface area is 101 Å². The molecular formula is C9H14N2O4S2. The lowest BCUT2D eigenvalue weighted by molar-refractivity contribution is 0.572. The highest BCUT2D eigenvalue weighted by atomic mass is 32.2. The summed E-state index contributed by atoms with van der Waals surface area (Å²) in [7, 11) is -7.91. The lowest BCUT2D eigenvalue weighted by atomic mass is 10.4. The topological polar surface area (TPSA) is 106 Å². The van der Waals surface area contributed by atoms with E-state index in [4.69, 9.17) is 5.14 Å². The van der Waals surface area contributed by atoms with E-state index >= 15 is 0 Å². The van der Waals surface area contributed by atoms with E-state index in [0.717, 1.165) is 6.07 Å². The zero-order valence-corrected chi connectivity index (χ0v) is 10.9. The molecule has 0 unspecified atom stereocenters. The standard InChI is InChI=1S/C9H14N2O4S2/c1-2-7-11-17(14,15)9-6-4-3-5-8(9)16(10,12)13/h3-6,11H,2,7H2,1H3,(H2,10,12,13). The Morgan fingerprint density at radius 1 is 1.12 bits per heavy atom. The van der Waals surface area contributed by atoms with E-state index in [9.17, 15) is 16.8 Å². The molecule has 0 amide bonds. The number of primary sulfonamides is 1. The Morgan fingerprint density at radius 3 is 2.12 bits per heavy atom. The van der Waals surface area contributed by atoms with Crippen molar-refractivity contribution in [2.45, 2.75) is 23.1 Å². The summed E-state index contributed by atoms with van der Waals surface area (Å²) in [6, 6.07) is 5.22. The molecule has 17 heavy (non-hydrogen) atoms. The van der Waals surface area contributed by atoms with Gasteiger partial charge in [-0.25, -0.2) is 26.7 Å². The van der Waals surface area contributed by atoms with Gasteiger partial charge in [-0.05, 0) is 18.6 Å². The summed E-state index contributed by atoms with van der Waals surface area (Å²) < 4.78 is 48.5. The average molecular weight is 278 g/mol. The van der Waals surface area contributed by atoms with E-state index in [0.29, 0.717) is 6.42 Å². The Kier molecular flexibility index (Phi) is 4.26. The highest BCUT2D eigenvalue weighted by Gasteiger charge is 2.23. The predicted molar refractivity (Wildman–Crippen MR) is 63.3 cm³/mol. The van der Waals surface area contributed by atoms with E-state index in [1.54, 1.807) is 6.92 Å². The minimum absolute atomic E-state index is 0.237. The van der Waals surface area contributed by atoms with E-state index in [1.807, 2.05) is 0 Å². The Morgan fingerprint density at radius 2 is 1.65 bits per heavy atom. The third kappa shape index (κ3) is 3.50. The van der Waals surface area contributed by atoms with E-state index in [1.165, 1.54) is 18.2 Å². The number of benzene rings is 1. The van der Waals surface area contributed by atoms with Crippen LogP contribution in [0.1, 0.15) is 13.3 Å². The van der Waals surface area contributed by atoms with Crippen LogP contribution in [-0.2, 0) is 20.0 Å². The largest absolute Gasteiger partial charge is 0.241 e. The second-order valence-corrected chi connectivity index (χ2v) is 6.65. The summed E-state index contributed by atoms with van der Waals surface area (Å²) in [6.07, 6.45) is 0.608. The summed E-state index contributed by atoms with van der Waals surface area (Å²) >= 11 is 0. The van der Waals surface area contributed by atoms with Gasteiger partial charge in [-0.2, -0.15) is 0 Å². The number of nitrogens with one attached hydrogen (secondary N) is 1. The molecule has 8 heteroatoms. The van der Waals surface area contributed by atoms with E-state index in [2.05, 4.69) is 4.72 Å². The van der Waals surface area contributed by atoms with Crippen LogP contribution < -0.4 is 9.86 Å². The maximum Gasteiger partial charge on any atom is 0.241 e. The molecule has 1 rings (SSSR count). The Balaban J connectivity index is 3.33. The summed E-state index contributed by atoms with van der Waals surface area (Å²) in [5.74, 6) is 0. The average Bonchev–Trinajstić information content (AvgIpc) is 2.25. The first-order valence-electron chi connectivity index (χ1n) is 4.90. The number of hydrogen-bond donors (Lipinski definition) is 2. The van der Waals surface area contributed by atoms with Gasteiger partial charge >= 0.3 is 0 Å². The zero-order valence-electron chi connectivity index (χ0n) is 9.25. The summed E-state index contributed by atoms with van der Waals surface area (Å²) in [5, 5.41) is 4.96. The molecule has 0 aliphatic heterocycles. The van der Waals surface area contributed by atoms with Crippen molar-refractivity contribution in [1.82, 2.24) is 4.72 Å². The number of rotatable bonds is 5. The molecule has 0 radical (unpaired) electrons. The molecule has 1 aromatic carbocycles. The number of hydrogen-bond acceptors (Lipinski definition) is 4. The quantitative estimate of drug-likeness (QED) is 0.792. The second kappa shape index (κ2) is 5.13. The summed E-state index contributed by atoms with van der Waals surface area (Å²) in [6.45, 7) is 2.04. The molecule has 0 saturated carbocycles. The summed E-state index contributed by atoms with van der Waals surface area (Å²) in [4.78, 5) is -0.723. The predicted octanol–water partition coefficient (Wildman–Crippen LogP) is 0.0223. The molecule has 0 bridgehead atoms. The van der Waals surface area contributed by atoms with Crippen molar-refractivity contribution in [2.75, 3.05) is 6.54 Å². The number of sulfonamides is 2. The van der Waals surface area contributed by atoms with Crippen molar-refractivity contribution in [2.24, 2.45) is 5.14 Å². The molecule has 0 atom stereocenters. The van der Waals surface area contributed by atoms with E-state index < -0.39 is 24.9 Å². The van der Waals surface area contributed by atoms with Crippen molar-refractivity contribution in [1.29, 1.82) is 0 Å². The molecule has 96 valence electrons. The molecule has 6 nitrogen and oxygen atoms in total. The minimum atomic E-state index is -4.06. The maximum atomic E-state index is 11.8. The minimum Gasteiger partial charge on any atom is -0.225 e. The van der Waals surface area contributed by atoms with Crippen molar-refractivity contribution in [3.05, 3.63) is 24.3 Å². The van der Waals surface area contributed by atoms with Crippen LogP contribution in [0.15, 0.2) is 34.1 Å². The fraction of sp³-hybridized carbons (Fsp3) is 0.333. The van der Waals surface area contributed by atoms with Crippen molar-refractivity contribution in [3.63, 3.8) is 0 Å². The normalized spacial score (nSPS) is 12.6. The van der Waals surface area contributed by atoms with Gasteiger partial charge in [-0.1, -0.05) is 19.1 Å². The van der Waals surface area contributed by atoms with Gasteiger partial charge in [0.2, 0.25) is 20.0 Å². The van der Waals surface area contributed by atoms with Crippen molar-refractivity contribution < 1.29 is 16.8 Å². The van der Waals surface area contributed by atoms with Crippen LogP contribution in [0.25, 0.3) is 0 Å². The van der Waals surface area contributed by atoms with Crippen LogP contribution in [-0.4, -0.2) is 23.4 Å². The van der Waals surface area contributed by atoms with Crippen LogP contribution in [0.3, 0.4) is 0 Å². The molecule has 0 aromatic heterocycles. The first-order chi connectivity index (χ1) is 7.79. The molecule has 0 fully saturated rings. The highest BCUT2D eigenvalue weighted by molar-refractivity contribution is 7.92. The molecule has 0 aliphatic rings.